The summed E-state index contributed by atoms with van der Waals surface area (Å²) in [7, 11) is 0. The number of aliphatic hydroxyl groups excluding tert-OH is 2. The summed E-state index contributed by atoms with van der Waals surface area (Å²) in [4.78, 5) is 38.1. The Kier molecular flexibility index (Phi) is 16.6. The molecule has 1 aromatic heterocycles. The smallest absolute Gasteiger partial charge is 0.410 e. The van der Waals surface area contributed by atoms with Crippen molar-refractivity contribution in [1.29, 1.82) is 0 Å². The van der Waals surface area contributed by atoms with Gasteiger partial charge in [0.05, 0.1) is 28.9 Å². The van der Waals surface area contributed by atoms with Crippen molar-refractivity contribution in [3.05, 3.63) is 153 Å². The zero-order chi connectivity index (χ0) is 46.5. The third-order valence-electron chi connectivity index (χ3n) is 12.8. The summed E-state index contributed by atoms with van der Waals surface area (Å²) in [6.07, 6.45) is 8.64. The number of nitro benzene ring substituents is 1. The van der Waals surface area contributed by atoms with E-state index in [9.17, 15) is 25.1 Å². The van der Waals surface area contributed by atoms with Gasteiger partial charge in [0.25, 0.3) is 5.69 Å². The predicted molar refractivity (Wildman–Crippen MR) is 250 cm³/mol. The van der Waals surface area contributed by atoms with Crippen LogP contribution in [0.3, 0.4) is 0 Å². The number of allylic oxidation sites excluding steroid dienone is 1. The normalized spacial score (nSPS) is 22.3. The fourth-order valence-corrected chi connectivity index (χ4v) is 9.89. The van der Waals surface area contributed by atoms with E-state index in [-0.39, 0.29) is 69.5 Å². The highest BCUT2D eigenvalue weighted by atomic mass is 16.7. The number of non-ortho nitro benzene ring substituents is 1. The lowest BCUT2D eigenvalue weighted by Crippen LogP contribution is -2.70. The Morgan fingerprint density at radius 3 is 2.44 bits per heavy atom. The molecule has 14 heteroatoms. The van der Waals surface area contributed by atoms with Crippen LogP contribution in [0.5, 0.6) is 11.5 Å². The first-order valence-electron chi connectivity index (χ1n) is 23.2. The summed E-state index contributed by atoms with van der Waals surface area (Å²) in [6.45, 7) is 8.94. The topological polar surface area (TPSA) is 175 Å². The van der Waals surface area contributed by atoms with Crippen LogP contribution >= 0.6 is 0 Å². The number of nitrogens with zero attached hydrogens (tertiary/aromatic N) is 4. The van der Waals surface area contributed by atoms with Crippen LogP contribution in [0.1, 0.15) is 92.3 Å². The minimum atomic E-state index is -1.46. The Bertz CT molecular complexity index is 2320. The quantitative estimate of drug-likeness (QED) is 0.0314. The number of oxime groups is 1. The summed E-state index contributed by atoms with van der Waals surface area (Å²) < 4.78 is 27.0. The first-order chi connectivity index (χ1) is 32.2. The SMILES string of the molecule is C=CCOC12Oc3ccc(OCc4cccc(C)n4)cc3C3C(CCCCO)C(CCCCO)C=C(C(=NOCc4ccc([N+](=O)[O-])cc4)CC1N(CCC)C(=O)OCc1ccccc1)C32. The van der Waals surface area contributed by atoms with Crippen molar-refractivity contribution in [2.45, 2.75) is 103 Å². The van der Waals surface area contributed by atoms with Crippen molar-refractivity contribution in [1.82, 2.24) is 9.88 Å². The lowest BCUT2D eigenvalue weighted by Gasteiger charge is -2.59. The van der Waals surface area contributed by atoms with Gasteiger partial charge in [-0.25, -0.2) is 4.79 Å². The molecule has 0 saturated heterocycles. The Morgan fingerprint density at radius 2 is 1.73 bits per heavy atom. The summed E-state index contributed by atoms with van der Waals surface area (Å²) >= 11 is 0. The van der Waals surface area contributed by atoms with E-state index in [1.165, 1.54) is 12.1 Å². The van der Waals surface area contributed by atoms with Crippen molar-refractivity contribution < 1.29 is 43.7 Å². The number of aryl methyl sites for hydroxylation is 1. The van der Waals surface area contributed by atoms with E-state index in [0.717, 1.165) is 53.8 Å². The van der Waals surface area contributed by atoms with Gasteiger partial charge in [-0.3, -0.25) is 20.0 Å². The largest absolute Gasteiger partial charge is 0.487 e. The number of carbonyl (C=O) groups is 1. The average molecular weight is 903 g/mol. The number of ether oxygens (including phenoxy) is 4. The van der Waals surface area contributed by atoms with E-state index in [1.54, 1.807) is 23.1 Å². The van der Waals surface area contributed by atoms with Crippen molar-refractivity contribution in [2.24, 2.45) is 22.9 Å². The molecule has 0 bridgehead atoms. The fraction of sp³-hybridized carbons (Fsp3) is 0.442. The number of hydrogen-bond acceptors (Lipinski definition) is 12. The van der Waals surface area contributed by atoms with E-state index in [4.69, 9.17) is 28.9 Å². The second-order valence-electron chi connectivity index (χ2n) is 17.3. The maximum absolute atomic E-state index is 14.6. The van der Waals surface area contributed by atoms with Gasteiger partial charge in [-0.15, -0.1) is 6.58 Å². The molecule has 6 atom stereocenters. The number of aliphatic hydroxyl groups is 2. The molecule has 2 heterocycles. The van der Waals surface area contributed by atoms with E-state index in [0.29, 0.717) is 48.6 Å². The molecule has 7 rings (SSSR count). The van der Waals surface area contributed by atoms with Gasteiger partial charge in [-0.1, -0.05) is 73.5 Å². The number of carbonyl (C=O) groups excluding carboxylic acids is 1. The minimum absolute atomic E-state index is 0.0118. The summed E-state index contributed by atoms with van der Waals surface area (Å²) in [5.74, 6) is -0.968. The lowest BCUT2D eigenvalue weighted by molar-refractivity contribution is -0.384. The monoisotopic (exact) mass is 902 g/mol. The number of fused-ring (bicyclic) bond motifs is 2. The highest BCUT2D eigenvalue weighted by Crippen LogP contribution is 2.62. The molecule has 14 nitrogen and oxygen atoms in total. The van der Waals surface area contributed by atoms with Crippen LogP contribution in [-0.2, 0) is 34.1 Å². The van der Waals surface area contributed by atoms with Crippen LogP contribution in [0.15, 0.2) is 120 Å². The van der Waals surface area contributed by atoms with Gasteiger partial charge in [-0.05, 0) is 110 Å². The predicted octanol–water partition coefficient (Wildman–Crippen LogP) is 9.76. The third-order valence-corrected chi connectivity index (χ3v) is 12.8. The summed E-state index contributed by atoms with van der Waals surface area (Å²) in [5, 5.41) is 36.2. The van der Waals surface area contributed by atoms with Crippen LogP contribution in [0.2, 0.25) is 0 Å². The fourth-order valence-electron chi connectivity index (χ4n) is 9.89. The van der Waals surface area contributed by atoms with Crippen LogP contribution in [0, 0.1) is 34.8 Å². The van der Waals surface area contributed by atoms with E-state index in [2.05, 4.69) is 23.7 Å². The molecular formula is C52H62N4O10. The van der Waals surface area contributed by atoms with E-state index < -0.39 is 28.8 Å². The third kappa shape index (κ3) is 11.1. The first kappa shape index (κ1) is 47.9. The Morgan fingerprint density at radius 1 is 0.970 bits per heavy atom. The van der Waals surface area contributed by atoms with Crippen molar-refractivity contribution in [3.63, 3.8) is 0 Å². The number of amides is 1. The first-order valence-corrected chi connectivity index (χ1v) is 23.2. The van der Waals surface area contributed by atoms with Gasteiger partial charge in [0.1, 0.15) is 37.4 Å². The molecule has 2 aliphatic carbocycles. The van der Waals surface area contributed by atoms with Crippen LogP contribution in [-0.4, -0.2) is 75.0 Å². The molecule has 3 aromatic carbocycles. The van der Waals surface area contributed by atoms with Crippen LogP contribution in [0.25, 0.3) is 0 Å². The second kappa shape index (κ2) is 22.9. The molecule has 350 valence electrons. The maximum atomic E-state index is 14.6. The molecule has 3 aliphatic rings. The number of rotatable bonds is 23. The zero-order valence-corrected chi connectivity index (χ0v) is 38.0. The van der Waals surface area contributed by atoms with Crippen molar-refractivity contribution in [3.8, 4) is 11.5 Å². The number of unbranched alkanes of at least 4 members (excludes halogenated alkanes) is 2. The Hall–Kier alpha value is -6.09. The van der Waals surface area contributed by atoms with Crippen LogP contribution in [0.4, 0.5) is 10.5 Å². The molecule has 4 aromatic rings. The molecule has 1 aliphatic heterocycles. The maximum Gasteiger partial charge on any atom is 0.410 e. The van der Waals surface area contributed by atoms with Gasteiger partial charge in [0.15, 0.2) is 0 Å². The van der Waals surface area contributed by atoms with Gasteiger partial charge in [0, 0.05) is 55.5 Å². The summed E-state index contributed by atoms with van der Waals surface area (Å²) in [5.41, 5.74) is 5.65. The van der Waals surface area contributed by atoms with Gasteiger partial charge >= 0.3 is 6.09 Å². The van der Waals surface area contributed by atoms with Gasteiger partial charge in [-0.2, -0.15) is 0 Å². The standard InChI is InChI=1S/C52H62N4O10/c1-4-26-55(51(59)63-33-37-15-7-6-8-16-37)48-32-46(54-65-34-38-20-22-41(23-21-38)56(60)61)44-30-39(17-9-11-27-57)43(19-10-12-28-58)49-45-31-42(62-35-40-18-13-14-36(3)53-40)24-25-47(45)66-52(48,50(44)49)64-29-5-2/h5-8,13-16,18,20-25,30-31,39,43,48-50,57-58H,2,4,9-12,17,19,26-29,32-35H2,1,3H3. The van der Waals surface area contributed by atoms with Crippen LogP contribution < -0.4 is 9.47 Å². The molecule has 0 spiro atoms. The summed E-state index contributed by atoms with van der Waals surface area (Å²) in [6, 6.07) is 26.7. The zero-order valence-electron chi connectivity index (χ0n) is 38.0. The van der Waals surface area contributed by atoms with Gasteiger partial charge in [0.2, 0.25) is 5.79 Å². The molecule has 1 saturated carbocycles. The van der Waals surface area contributed by atoms with E-state index in [1.807, 2.05) is 74.5 Å². The number of pyridine rings is 1. The second-order valence-corrected chi connectivity index (χ2v) is 17.3. The molecular weight excluding hydrogens is 841 g/mol. The molecule has 66 heavy (non-hydrogen) atoms. The van der Waals surface area contributed by atoms with E-state index >= 15 is 0 Å². The molecule has 0 radical (unpaired) electrons. The Labute approximate surface area is 387 Å². The minimum Gasteiger partial charge on any atom is -0.487 e. The molecule has 2 N–H and O–H groups in total. The average Bonchev–Trinajstić information content (AvgIpc) is 3.33. The van der Waals surface area contributed by atoms with Crippen molar-refractivity contribution in [2.75, 3.05) is 26.4 Å². The van der Waals surface area contributed by atoms with Gasteiger partial charge < -0.3 is 34.0 Å². The number of aromatic nitrogens is 1. The molecule has 1 amide bonds. The van der Waals surface area contributed by atoms with Crippen molar-refractivity contribution >= 4 is 17.5 Å². The lowest BCUT2D eigenvalue weighted by atomic mass is 9.55. The molecule has 6 unspecified atom stereocenters. The molecule has 1 fully saturated rings. The highest BCUT2D eigenvalue weighted by molar-refractivity contribution is 6.03. The Balaban J connectivity index is 1.39. The number of nitro groups is 1. The number of benzene rings is 3. The highest BCUT2D eigenvalue weighted by Gasteiger charge is 2.65. The number of hydrogen-bond donors (Lipinski definition) is 2.